The number of benzene rings is 1. The van der Waals surface area contributed by atoms with E-state index < -0.39 is 0 Å². The number of hydrogen-bond donors (Lipinski definition) is 1. The fourth-order valence-corrected chi connectivity index (χ4v) is 3.33. The van der Waals surface area contributed by atoms with Crippen LogP contribution < -0.4 is 10.3 Å². The van der Waals surface area contributed by atoms with Crippen molar-refractivity contribution in [3.05, 3.63) is 46.4 Å². The molecule has 0 aliphatic carbocycles. The summed E-state index contributed by atoms with van der Waals surface area (Å²) < 4.78 is 5.86. The Labute approximate surface area is 149 Å². The van der Waals surface area contributed by atoms with Gasteiger partial charge < -0.3 is 9.64 Å². The second-order valence-electron chi connectivity index (χ2n) is 6.71. The molecule has 1 aromatic heterocycles. The lowest BCUT2D eigenvalue weighted by Crippen LogP contribution is -2.26. The zero-order chi connectivity index (χ0) is 17.5. The molecule has 1 fully saturated rings. The molecular formula is C20H27N3O2. The molecule has 1 aliphatic rings. The van der Waals surface area contributed by atoms with Gasteiger partial charge in [0.1, 0.15) is 5.75 Å². The number of nitrogens with one attached hydrogen (secondary N) is 1. The van der Waals surface area contributed by atoms with Crippen LogP contribution in [0.5, 0.6) is 5.75 Å². The van der Waals surface area contributed by atoms with Crippen LogP contribution >= 0.6 is 0 Å². The van der Waals surface area contributed by atoms with Crippen molar-refractivity contribution in [3.63, 3.8) is 0 Å². The van der Waals surface area contributed by atoms with Crippen molar-refractivity contribution in [3.8, 4) is 16.9 Å². The SMILES string of the molecule is Cc1n[nH]c(=O)cc1-c1ccc(OCCCN2CCCCCC2)cc1. The molecule has 5 nitrogen and oxygen atoms in total. The van der Waals surface area contributed by atoms with Gasteiger partial charge in [0.15, 0.2) is 0 Å². The molecule has 0 amide bonds. The van der Waals surface area contributed by atoms with Crippen LogP contribution in [0.1, 0.15) is 37.8 Å². The normalized spacial score (nSPS) is 15.7. The fraction of sp³-hybridized carbons (Fsp3) is 0.500. The van der Waals surface area contributed by atoms with Crippen molar-refractivity contribution >= 4 is 0 Å². The van der Waals surface area contributed by atoms with Gasteiger partial charge in [-0.2, -0.15) is 5.10 Å². The monoisotopic (exact) mass is 341 g/mol. The Morgan fingerprint density at radius 1 is 1.12 bits per heavy atom. The molecule has 0 spiro atoms. The standard InChI is InChI=1S/C20H27N3O2/c1-16-19(15-20(24)22-21-16)17-7-9-18(10-8-17)25-14-6-13-23-11-4-2-3-5-12-23/h7-10,15H,2-6,11-14H2,1H3,(H,22,24). The summed E-state index contributed by atoms with van der Waals surface area (Å²) in [5.74, 6) is 0.870. The number of hydrogen-bond acceptors (Lipinski definition) is 4. The van der Waals surface area contributed by atoms with Crippen molar-refractivity contribution in [2.45, 2.75) is 39.0 Å². The molecule has 25 heavy (non-hydrogen) atoms. The van der Waals surface area contributed by atoms with Crippen molar-refractivity contribution < 1.29 is 4.74 Å². The molecule has 0 unspecified atom stereocenters. The van der Waals surface area contributed by atoms with Crippen LogP contribution in [0, 0.1) is 6.92 Å². The molecular weight excluding hydrogens is 314 g/mol. The Balaban J connectivity index is 1.49. The Bertz CT molecular complexity index is 716. The lowest BCUT2D eigenvalue weighted by atomic mass is 10.1. The van der Waals surface area contributed by atoms with Gasteiger partial charge in [-0.3, -0.25) is 4.79 Å². The first kappa shape index (κ1) is 17.7. The van der Waals surface area contributed by atoms with Gasteiger partial charge >= 0.3 is 0 Å². The molecule has 0 bridgehead atoms. The number of aromatic amines is 1. The lowest BCUT2D eigenvalue weighted by molar-refractivity contribution is 0.240. The highest BCUT2D eigenvalue weighted by molar-refractivity contribution is 5.65. The maximum Gasteiger partial charge on any atom is 0.264 e. The Morgan fingerprint density at radius 2 is 1.84 bits per heavy atom. The van der Waals surface area contributed by atoms with E-state index in [9.17, 15) is 4.79 Å². The van der Waals surface area contributed by atoms with E-state index in [0.717, 1.165) is 42.1 Å². The molecule has 5 heteroatoms. The van der Waals surface area contributed by atoms with E-state index in [2.05, 4.69) is 15.1 Å². The summed E-state index contributed by atoms with van der Waals surface area (Å²) in [6.45, 7) is 6.21. The number of nitrogens with zero attached hydrogens (tertiary/aromatic N) is 2. The molecule has 3 rings (SSSR count). The van der Waals surface area contributed by atoms with Crippen LogP contribution in [0.25, 0.3) is 11.1 Å². The van der Waals surface area contributed by atoms with Crippen molar-refractivity contribution in [2.75, 3.05) is 26.2 Å². The van der Waals surface area contributed by atoms with Gasteiger partial charge in [-0.1, -0.05) is 25.0 Å². The van der Waals surface area contributed by atoms with Crippen LogP contribution in [0.15, 0.2) is 35.1 Å². The lowest BCUT2D eigenvalue weighted by Gasteiger charge is -2.19. The van der Waals surface area contributed by atoms with Crippen LogP contribution in [0.2, 0.25) is 0 Å². The largest absolute Gasteiger partial charge is 0.494 e. The van der Waals surface area contributed by atoms with Gasteiger partial charge in [-0.05, 0) is 57.0 Å². The second-order valence-corrected chi connectivity index (χ2v) is 6.71. The highest BCUT2D eigenvalue weighted by Gasteiger charge is 2.08. The van der Waals surface area contributed by atoms with Gasteiger partial charge in [0.25, 0.3) is 5.56 Å². The summed E-state index contributed by atoms with van der Waals surface area (Å²) in [6, 6.07) is 9.46. The fourth-order valence-electron chi connectivity index (χ4n) is 3.33. The van der Waals surface area contributed by atoms with E-state index in [1.54, 1.807) is 6.07 Å². The van der Waals surface area contributed by atoms with E-state index in [0.29, 0.717) is 0 Å². The number of aromatic nitrogens is 2. The van der Waals surface area contributed by atoms with Gasteiger partial charge in [0.2, 0.25) is 0 Å². The number of likely N-dealkylation sites (tertiary alicyclic amines) is 1. The predicted octanol–water partition coefficient (Wildman–Crippen LogP) is 3.39. The van der Waals surface area contributed by atoms with Crippen molar-refractivity contribution in [1.29, 1.82) is 0 Å². The molecule has 1 N–H and O–H groups in total. The van der Waals surface area contributed by atoms with E-state index in [-0.39, 0.29) is 5.56 Å². The first-order chi connectivity index (χ1) is 12.2. The Kier molecular flexibility index (Phi) is 6.23. The highest BCUT2D eigenvalue weighted by Crippen LogP contribution is 2.23. The summed E-state index contributed by atoms with van der Waals surface area (Å²) >= 11 is 0. The second kappa shape index (κ2) is 8.81. The average Bonchev–Trinajstić information content (AvgIpc) is 2.90. The van der Waals surface area contributed by atoms with E-state index in [1.807, 2.05) is 31.2 Å². The van der Waals surface area contributed by atoms with E-state index in [1.165, 1.54) is 38.8 Å². The molecule has 1 aliphatic heterocycles. The van der Waals surface area contributed by atoms with Crippen LogP contribution in [0.4, 0.5) is 0 Å². The molecule has 1 aromatic carbocycles. The van der Waals surface area contributed by atoms with E-state index >= 15 is 0 Å². The van der Waals surface area contributed by atoms with Gasteiger partial charge in [-0.25, -0.2) is 5.10 Å². The molecule has 2 heterocycles. The summed E-state index contributed by atoms with van der Waals surface area (Å²) in [7, 11) is 0. The van der Waals surface area contributed by atoms with Crippen LogP contribution in [-0.2, 0) is 0 Å². The van der Waals surface area contributed by atoms with Gasteiger partial charge in [-0.15, -0.1) is 0 Å². The third-order valence-corrected chi connectivity index (χ3v) is 4.75. The average molecular weight is 341 g/mol. The molecule has 1 saturated heterocycles. The van der Waals surface area contributed by atoms with Crippen molar-refractivity contribution in [1.82, 2.24) is 15.1 Å². The topological polar surface area (TPSA) is 58.2 Å². The minimum absolute atomic E-state index is 0.186. The first-order valence-electron chi connectivity index (χ1n) is 9.24. The number of ether oxygens (including phenoxy) is 1. The highest BCUT2D eigenvalue weighted by atomic mass is 16.5. The number of H-pyrrole nitrogens is 1. The van der Waals surface area contributed by atoms with Gasteiger partial charge in [0.05, 0.1) is 12.3 Å². The van der Waals surface area contributed by atoms with Crippen molar-refractivity contribution in [2.24, 2.45) is 0 Å². The first-order valence-corrected chi connectivity index (χ1v) is 9.24. The molecule has 0 atom stereocenters. The Morgan fingerprint density at radius 3 is 2.56 bits per heavy atom. The Hall–Kier alpha value is -2.14. The number of aryl methyl sites for hydroxylation is 1. The van der Waals surface area contributed by atoms with Crippen LogP contribution in [0.3, 0.4) is 0 Å². The van der Waals surface area contributed by atoms with Crippen LogP contribution in [-0.4, -0.2) is 41.3 Å². The summed E-state index contributed by atoms with van der Waals surface area (Å²) in [4.78, 5) is 14.0. The maximum absolute atomic E-state index is 11.5. The molecule has 0 saturated carbocycles. The summed E-state index contributed by atoms with van der Waals surface area (Å²) in [6.07, 6.45) is 6.47. The summed E-state index contributed by atoms with van der Waals surface area (Å²) in [5.41, 5.74) is 2.46. The van der Waals surface area contributed by atoms with E-state index in [4.69, 9.17) is 4.74 Å². The predicted molar refractivity (Wildman–Crippen MR) is 100 cm³/mol. The summed E-state index contributed by atoms with van der Waals surface area (Å²) in [5, 5.41) is 6.47. The molecule has 0 radical (unpaired) electrons. The number of rotatable bonds is 6. The zero-order valence-electron chi connectivity index (χ0n) is 15.0. The zero-order valence-corrected chi connectivity index (χ0v) is 15.0. The minimum Gasteiger partial charge on any atom is -0.494 e. The molecule has 2 aromatic rings. The molecule has 134 valence electrons. The minimum atomic E-state index is -0.186. The van der Waals surface area contributed by atoms with Gasteiger partial charge in [0, 0.05) is 18.2 Å². The smallest absolute Gasteiger partial charge is 0.264 e. The third kappa shape index (κ3) is 5.16. The quantitative estimate of drug-likeness (QED) is 0.818. The maximum atomic E-state index is 11.5. The third-order valence-electron chi connectivity index (χ3n) is 4.75.